The number of thiol groups is 2. The highest BCUT2D eigenvalue weighted by atomic mass is 32.2. The van der Waals surface area contributed by atoms with Crippen molar-refractivity contribution in [2.75, 3.05) is 0 Å². The maximum absolute atomic E-state index is 10.1. The third-order valence-electron chi connectivity index (χ3n) is 0.338. The number of amides is 1. The zero-order chi connectivity index (χ0) is 5.86. The fourth-order valence-corrected chi connectivity index (χ4v) is 0.245. The van der Waals surface area contributed by atoms with Gasteiger partial charge in [-0.2, -0.15) is 3.71 Å². The maximum atomic E-state index is 10.1. The summed E-state index contributed by atoms with van der Waals surface area (Å²) < 4.78 is 4.90. The second-order valence-corrected chi connectivity index (χ2v) is 1.88. The Kier molecular flexibility index (Phi) is 3.11. The molecule has 3 nitrogen and oxygen atoms in total. The van der Waals surface area contributed by atoms with Crippen LogP contribution in [0.3, 0.4) is 0 Å². The van der Waals surface area contributed by atoms with Crippen LogP contribution in [-0.4, -0.2) is 17.9 Å². The van der Waals surface area contributed by atoms with Crippen molar-refractivity contribution in [2.24, 2.45) is 0 Å². The van der Waals surface area contributed by atoms with Crippen molar-refractivity contribution in [3.8, 4) is 0 Å². The van der Waals surface area contributed by atoms with E-state index < -0.39 is 6.09 Å². The molecule has 0 aromatic carbocycles. The molecule has 0 unspecified atom stereocenters. The van der Waals surface area contributed by atoms with Gasteiger partial charge in [0.15, 0.2) is 0 Å². The van der Waals surface area contributed by atoms with Crippen LogP contribution in [0.4, 0.5) is 4.79 Å². The molecule has 1 amide bonds. The monoisotopic (exact) mass is 137 g/mol. The zero-order valence-electron chi connectivity index (χ0n) is 3.66. The summed E-state index contributed by atoms with van der Waals surface area (Å²) in [6, 6.07) is 0. The van der Waals surface area contributed by atoms with Gasteiger partial charge in [-0.15, -0.1) is 0 Å². The Bertz CT molecular complexity index is 76.1. The summed E-state index contributed by atoms with van der Waals surface area (Å²) in [4.78, 5) is 10.1. The maximum Gasteiger partial charge on any atom is 0.411 e. The first-order valence-electron chi connectivity index (χ1n) is 1.44. The lowest BCUT2D eigenvalue weighted by Gasteiger charge is -2.02. The number of hydrogen-bond acceptors (Lipinski definition) is 4. The molecule has 0 rings (SSSR count). The van der Waals surface area contributed by atoms with Gasteiger partial charge in [0.1, 0.15) is 0 Å². The van der Waals surface area contributed by atoms with Crippen molar-refractivity contribution in [1.82, 2.24) is 3.71 Å². The van der Waals surface area contributed by atoms with Gasteiger partial charge in [0.25, 0.3) is 0 Å². The average molecular weight is 137 g/mol. The Morgan fingerprint density at radius 3 is 2.14 bits per heavy atom. The van der Waals surface area contributed by atoms with Crippen LogP contribution in [0.1, 0.15) is 0 Å². The SMILES string of the molecule is BOC(=O)N(S)S. The van der Waals surface area contributed by atoms with E-state index >= 15 is 0 Å². The smallest absolute Gasteiger partial charge is 0.411 e. The Morgan fingerprint density at radius 1 is 1.71 bits per heavy atom. The Morgan fingerprint density at radius 2 is 2.14 bits per heavy atom. The van der Waals surface area contributed by atoms with E-state index in [1.807, 2.05) is 0 Å². The second kappa shape index (κ2) is 3.09. The molecule has 0 aliphatic heterocycles. The normalized spacial score (nSPS) is 7.71. The van der Waals surface area contributed by atoms with Crippen LogP contribution < -0.4 is 0 Å². The van der Waals surface area contributed by atoms with Gasteiger partial charge in [0, 0.05) is 0 Å². The van der Waals surface area contributed by atoms with Gasteiger partial charge in [0.05, 0.1) is 0 Å². The lowest BCUT2D eigenvalue weighted by Crippen LogP contribution is -2.10. The Hall–Kier alpha value is 0.0349. The van der Waals surface area contributed by atoms with Crippen molar-refractivity contribution in [3.05, 3.63) is 0 Å². The summed E-state index contributed by atoms with van der Waals surface area (Å²) in [5.74, 6) is 0. The Balaban J connectivity index is 3.35. The van der Waals surface area contributed by atoms with Gasteiger partial charge in [0.2, 0.25) is 0 Å². The van der Waals surface area contributed by atoms with E-state index in [-0.39, 0.29) is 0 Å². The van der Waals surface area contributed by atoms with E-state index in [4.69, 9.17) is 0 Å². The van der Waals surface area contributed by atoms with E-state index in [0.29, 0.717) is 0 Å². The lowest BCUT2D eigenvalue weighted by atomic mass is 10.6. The molecule has 40 valence electrons. The van der Waals surface area contributed by atoms with Crippen LogP contribution in [0.25, 0.3) is 0 Å². The summed E-state index contributed by atoms with van der Waals surface area (Å²) in [5.41, 5.74) is 0. The largest absolute Gasteiger partial charge is 0.527 e. The van der Waals surface area contributed by atoms with Crippen molar-refractivity contribution < 1.29 is 9.45 Å². The zero-order valence-corrected chi connectivity index (χ0v) is 5.45. The standard InChI is InChI=1S/CH4BNO2S2/c2-5-1(4)3(6)7/h6-7H,2H2. The molecule has 0 heterocycles. The quantitative estimate of drug-likeness (QED) is 0.353. The summed E-state index contributed by atoms with van der Waals surface area (Å²) in [6.07, 6.45) is -0.591. The lowest BCUT2D eigenvalue weighted by molar-refractivity contribution is 0.202. The molecule has 0 radical (unpaired) electrons. The minimum Gasteiger partial charge on any atom is -0.527 e. The molecule has 0 aromatic heterocycles. The van der Waals surface area contributed by atoms with Gasteiger partial charge in [-0.3, -0.25) is 0 Å². The van der Waals surface area contributed by atoms with Crippen LogP contribution in [0.5, 0.6) is 0 Å². The van der Waals surface area contributed by atoms with Crippen LogP contribution in [0.15, 0.2) is 0 Å². The minimum atomic E-state index is -0.591. The van der Waals surface area contributed by atoms with Gasteiger partial charge >= 0.3 is 14.1 Å². The Labute approximate surface area is 53.5 Å². The number of nitrogens with zero attached hydrogens (tertiary/aromatic N) is 1. The van der Waals surface area contributed by atoms with Crippen LogP contribution >= 0.6 is 25.6 Å². The molecule has 0 N–H and O–H groups in total. The number of carbonyl (C=O) groups is 1. The van der Waals surface area contributed by atoms with E-state index in [9.17, 15) is 4.79 Å². The summed E-state index contributed by atoms with van der Waals surface area (Å²) in [7, 11) is 1.25. The molecule has 0 saturated heterocycles. The molecule has 0 aliphatic rings. The predicted octanol–water partition coefficient (Wildman–Crippen LogP) is -0.337. The fraction of sp³-hybridized carbons (Fsp3) is 0. The van der Waals surface area contributed by atoms with Crippen molar-refractivity contribution in [1.29, 1.82) is 0 Å². The highest BCUT2D eigenvalue weighted by Crippen LogP contribution is 1.97. The molecule has 0 atom stereocenters. The fourth-order valence-electron chi connectivity index (χ4n) is 0.0816. The first kappa shape index (κ1) is 7.03. The third kappa shape index (κ3) is 2.70. The van der Waals surface area contributed by atoms with Crippen LogP contribution in [0, 0.1) is 0 Å². The molecule has 0 aliphatic carbocycles. The summed E-state index contributed by atoms with van der Waals surface area (Å²) in [6.45, 7) is 0. The van der Waals surface area contributed by atoms with E-state index in [1.165, 1.54) is 8.05 Å². The van der Waals surface area contributed by atoms with Crippen LogP contribution in [-0.2, 0) is 4.65 Å². The van der Waals surface area contributed by atoms with Gasteiger partial charge in [-0.1, -0.05) is 0 Å². The summed E-state index contributed by atoms with van der Waals surface area (Å²) in [5, 5.41) is 0. The van der Waals surface area contributed by atoms with Crippen LogP contribution in [0.2, 0.25) is 0 Å². The van der Waals surface area contributed by atoms with E-state index in [0.717, 1.165) is 3.71 Å². The molecular formula is CH4BNO2S2. The van der Waals surface area contributed by atoms with Crippen molar-refractivity contribution in [2.45, 2.75) is 0 Å². The molecule has 0 bridgehead atoms. The number of hydrogen-bond donors (Lipinski definition) is 2. The van der Waals surface area contributed by atoms with Crippen molar-refractivity contribution in [3.63, 3.8) is 0 Å². The molecular weight excluding hydrogens is 133 g/mol. The van der Waals surface area contributed by atoms with Gasteiger partial charge in [-0.05, 0) is 25.6 Å². The average Bonchev–Trinajstić information content (AvgIpc) is 1.65. The third-order valence-corrected chi connectivity index (χ3v) is 0.665. The van der Waals surface area contributed by atoms with Gasteiger partial charge < -0.3 is 4.65 Å². The van der Waals surface area contributed by atoms with E-state index in [2.05, 4.69) is 30.3 Å². The molecule has 0 saturated carbocycles. The first-order valence-corrected chi connectivity index (χ1v) is 2.24. The van der Waals surface area contributed by atoms with E-state index in [1.54, 1.807) is 0 Å². The predicted molar refractivity (Wildman–Crippen MR) is 34.8 cm³/mol. The van der Waals surface area contributed by atoms with Gasteiger partial charge in [-0.25, -0.2) is 4.79 Å². The number of rotatable bonds is 0. The molecule has 0 fully saturated rings. The summed E-state index contributed by atoms with van der Waals surface area (Å²) >= 11 is 6.99. The first-order chi connectivity index (χ1) is 3.18. The molecule has 7 heavy (non-hydrogen) atoms. The number of carbonyl (C=O) groups excluding carboxylic acids is 1. The molecule has 0 aromatic rings. The minimum absolute atomic E-state index is 0.591. The highest BCUT2D eigenvalue weighted by Gasteiger charge is 1.99. The topological polar surface area (TPSA) is 29.5 Å². The van der Waals surface area contributed by atoms with Crippen molar-refractivity contribution >= 4 is 39.8 Å². The molecule has 6 heteroatoms. The highest BCUT2D eigenvalue weighted by molar-refractivity contribution is 7.94. The molecule has 0 spiro atoms. The second-order valence-electron chi connectivity index (χ2n) is 0.759.